The fraction of sp³-hybridized carbons (Fsp3) is 0.333. The highest BCUT2D eigenvalue weighted by molar-refractivity contribution is 8.00. The summed E-state index contributed by atoms with van der Waals surface area (Å²) in [4.78, 5) is 14.5. The zero-order valence-electron chi connectivity index (χ0n) is 8.79. The Balaban J connectivity index is 2.61. The largest absolute Gasteiger partial charge is 0.478 e. The predicted molar refractivity (Wildman–Crippen MR) is 63.2 cm³/mol. The summed E-state index contributed by atoms with van der Waals surface area (Å²) >= 11 is 5.38. The third-order valence-electron chi connectivity index (χ3n) is 1.75. The Morgan fingerprint density at radius 3 is 2.72 bits per heavy atom. The summed E-state index contributed by atoms with van der Waals surface area (Å²) in [7, 11) is 0. The van der Waals surface area contributed by atoms with Crippen molar-refractivity contribution in [2.75, 3.05) is 17.6 Å². The van der Waals surface area contributed by atoms with E-state index in [1.54, 1.807) is 0 Å². The van der Waals surface area contributed by atoms with Crippen molar-refractivity contribution in [3.63, 3.8) is 0 Å². The maximum atomic E-state index is 11.9. The molecule has 0 amide bonds. The second-order valence-corrected chi connectivity index (χ2v) is 4.60. The van der Waals surface area contributed by atoms with Crippen LogP contribution in [0.25, 0.3) is 0 Å². The molecule has 18 heavy (non-hydrogen) atoms. The number of hydrogen-bond acceptors (Lipinski definition) is 4. The van der Waals surface area contributed by atoms with Crippen molar-refractivity contribution in [3.8, 4) is 0 Å². The maximum absolute atomic E-state index is 11.9. The molecule has 1 aromatic rings. The van der Waals surface area contributed by atoms with E-state index < -0.39 is 11.5 Å². The number of thioether (sulfide) groups is 1. The van der Waals surface area contributed by atoms with Crippen molar-refractivity contribution in [2.45, 2.75) is 5.51 Å². The van der Waals surface area contributed by atoms with Crippen molar-refractivity contribution < 1.29 is 23.1 Å². The number of rotatable bonds is 5. The van der Waals surface area contributed by atoms with Crippen LogP contribution in [0.5, 0.6) is 0 Å². The number of pyridine rings is 1. The molecule has 0 fully saturated rings. The van der Waals surface area contributed by atoms with Crippen molar-refractivity contribution >= 4 is 35.1 Å². The smallest absolute Gasteiger partial charge is 0.441 e. The molecule has 9 heteroatoms. The van der Waals surface area contributed by atoms with E-state index in [9.17, 15) is 18.0 Å². The Morgan fingerprint density at radius 1 is 1.50 bits per heavy atom. The van der Waals surface area contributed by atoms with Crippen molar-refractivity contribution in [1.29, 1.82) is 0 Å². The molecule has 0 bridgehead atoms. The second-order valence-electron chi connectivity index (χ2n) is 3.06. The van der Waals surface area contributed by atoms with Crippen LogP contribution in [-0.4, -0.2) is 33.9 Å². The van der Waals surface area contributed by atoms with Gasteiger partial charge in [-0.3, -0.25) is 0 Å². The van der Waals surface area contributed by atoms with Crippen LogP contribution in [0.3, 0.4) is 0 Å². The molecule has 0 radical (unpaired) electrons. The first-order chi connectivity index (χ1) is 8.29. The minimum Gasteiger partial charge on any atom is -0.478 e. The van der Waals surface area contributed by atoms with Gasteiger partial charge in [0.1, 0.15) is 16.5 Å². The van der Waals surface area contributed by atoms with E-state index in [1.807, 2.05) is 0 Å². The molecule has 0 saturated carbocycles. The molecule has 0 atom stereocenters. The van der Waals surface area contributed by atoms with E-state index in [2.05, 4.69) is 10.3 Å². The Hall–Kier alpha value is -1.15. The van der Waals surface area contributed by atoms with Crippen LogP contribution in [0.2, 0.25) is 5.15 Å². The fourth-order valence-electron chi connectivity index (χ4n) is 1.08. The van der Waals surface area contributed by atoms with Gasteiger partial charge in [-0.05, 0) is 23.9 Å². The average Bonchev–Trinajstić information content (AvgIpc) is 2.22. The SMILES string of the molecule is O=C(O)c1ccc(Cl)nc1NCCSC(F)(F)F. The van der Waals surface area contributed by atoms with Gasteiger partial charge in [0.25, 0.3) is 0 Å². The van der Waals surface area contributed by atoms with Crippen LogP contribution in [0.15, 0.2) is 12.1 Å². The highest BCUT2D eigenvalue weighted by Crippen LogP contribution is 2.29. The van der Waals surface area contributed by atoms with Crippen molar-refractivity contribution in [3.05, 3.63) is 22.8 Å². The quantitative estimate of drug-likeness (QED) is 0.646. The van der Waals surface area contributed by atoms with Crippen molar-refractivity contribution in [1.82, 2.24) is 4.98 Å². The van der Waals surface area contributed by atoms with E-state index in [0.29, 0.717) is 0 Å². The van der Waals surface area contributed by atoms with Crippen molar-refractivity contribution in [2.24, 2.45) is 0 Å². The predicted octanol–water partition coefficient (Wildman–Crippen LogP) is 3.10. The molecule has 0 aliphatic heterocycles. The van der Waals surface area contributed by atoms with E-state index >= 15 is 0 Å². The van der Waals surface area contributed by atoms with Crippen LogP contribution < -0.4 is 5.32 Å². The minimum absolute atomic E-state index is 0.0437. The maximum Gasteiger partial charge on any atom is 0.441 e. The molecule has 1 aromatic heterocycles. The molecule has 1 rings (SSSR count). The molecule has 0 saturated heterocycles. The number of alkyl halides is 3. The third-order valence-corrected chi connectivity index (χ3v) is 2.70. The highest BCUT2D eigenvalue weighted by atomic mass is 35.5. The summed E-state index contributed by atoms with van der Waals surface area (Å²) < 4.78 is 35.6. The van der Waals surface area contributed by atoms with Gasteiger partial charge in [-0.1, -0.05) is 11.6 Å². The van der Waals surface area contributed by atoms with Crippen LogP contribution in [0, 0.1) is 0 Å². The van der Waals surface area contributed by atoms with Gasteiger partial charge in [0.15, 0.2) is 0 Å². The summed E-state index contributed by atoms with van der Waals surface area (Å²) in [5.74, 6) is -1.53. The van der Waals surface area contributed by atoms with Gasteiger partial charge in [0.05, 0.1) is 0 Å². The number of nitrogens with one attached hydrogen (secondary N) is 1. The molecule has 4 nitrogen and oxygen atoms in total. The first-order valence-electron chi connectivity index (χ1n) is 4.64. The summed E-state index contributed by atoms with van der Waals surface area (Å²) in [5.41, 5.74) is -4.45. The number of aromatic nitrogens is 1. The Morgan fingerprint density at radius 2 is 2.17 bits per heavy atom. The number of anilines is 1. The van der Waals surface area contributed by atoms with Crippen LogP contribution in [-0.2, 0) is 0 Å². The molecule has 0 aliphatic carbocycles. The van der Waals surface area contributed by atoms with Gasteiger partial charge < -0.3 is 10.4 Å². The van der Waals surface area contributed by atoms with Gasteiger partial charge in [-0.2, -0.15) is 13.2 Å². The number of hydrogen-bond donors (Lipinski definition) is 2. The standard InChI is InChI=1S/C9H8ClF3N2O2S/c10-6-2-1-5(8(16)17)7(15-6)14-3-4-18-9(11,12)13/h1-2H,3-4H2,(H,14,15)(H,16,17). The molecule has 0 spiro atoms. The summed E-state index contributed by atoms with van der Waals surface area (Å²) in [6.45, 7) is -0.0716. The summed E-state index contributed by atoms with van der Waals surface area (Å²) in [6, 6.07) is 2.53. The minimum atomic E-state index is -4.31. The molecule has 2 N–H and O–H groups in total. The number of halogens is 4. The normalized spacial score (nSPS) is 11.3. The average molecular weight is 301 g/mol. The topological polar surface area (TPSA) is 62.2 Å². The Kier molecular flexibility index (Phi) is 5.09. The first-order valence-corrected chi connectivity index (χ1v) is 6.00. The van der Waals surface area contributed by atoms with Gasteiger partial charge in [-0.15, -0.1) is 0 Å². The van der Waals surface area contributed by atoms with E-state index in [1.165, 1.54) is 12.1 Å². The molecule has 0 aromatic carbocycles. The van der Waals surface area contributed by atoms with Crippen LogP contribution in [0.4, 0.5) is 19.0 Å². The summed E-state index contributed by atoms with van der Waals surface area (Å²) in [6.07, 6.45) is 0. The van der Waals surface area contributed by atoms with Gasteiger partial charge >= 0.3 is 11.5 Å². The number of carbonyl (C=O) groups is 1. The van der Waals surface area contributed by atoms with Gasteiger partial charge in [0.2, 0.25) is 0 Å². The lowest BCUT2D eigenvalue weighted by Crippen LogP contribution is -2.13. The van der Waals surface area contributed by atoms with Gasteiger partial charge in [0, 0.05) is 12.3 Å². The van der Waals surface area contributed by atoms with Gasteiger partial charge in [-0.25, -0.2) is 9.78 Å². The molecule has 0 unspecified atom stereocenters. The van der Waals surface area contributed by atoms with Crippen LogP contribution >= 0.6 is 23.4 Å². The lowest BCUT2D eigenvalue weighted by atomic mass is 10.2. The third kappa shape index (κ3) is 5.01. The highest BCUT2D eigenvalue weighted by Gasteiger charge is 2.27. The Labute approximate surface area is 110 Å². The summed E-state index contributed by atoms with van der Waals surface area (Å²) in [5, 5.41) is 11.4. The molecule has 1 heterocycles. The fourth-order valence-corrected chi connectivity index (χ4v) is 1.66. The monoisotopic (exact) mass is 300 g/mol. The van der Waals surface area contributed by atoms with E-state index in [0.717, 1.165) is 0 Å². The molecular weight excluding hydrogens is 293 g/mol. The Bertz CT molecular complexity index is 442. The number of aromatic carboxylic acids is 1. The lowest BCUT2D eigenvalue weighted by molar-refractivity contribution is -0.0327. The van der Waals surface area contributed by atoms with Crippen LogP contribution in [0.1, 0.15) is 10.4 Å². The zero-order valence-corrected chi connectivity index (χ0v) is 10.4. The molecule has 0 aliphatic rings. The zero-order chi connectivity index (χ0) is 13.8. The number of nitrogens with zero attached hydrogens (tertiary/aromatic N) is 1. The first kappa shape index (κ1) is 14.9. The molecule has 100 valence electrons. The number of carboxylic acids is 1. The lowest BCUT2D eigenvalue weighted by Gasteiger charge is -2.09. The number of carboxylic acid groups (broad SMARTS) is 1. The van der Waals surface area contributed by atoms with E-state index in [4.69, 9.17) is 16.7 Å². The molecular formula is C9H8ClF3N2O2S. The van der Waals surface area contributed by atoms with E-state index in [-0.39, 0.29) is 40.6 Å². The second kappa shape index (κ2) is 6.14.